The molecular formula is C20H29N3O5S. The maximum absolute atomic E-state index is 13.0. The summed E-state index contributed by atoms with van der Waals surface area (Å²) in [6.07, 6.45) is 3.27. The van der Waals surface area contributed by atoms with Crippen LogP contribution in [-0.2, 0) is 14.8 Å². The van der Waals surface area contributed by atoms with Gasteiger partial charge in [-0.3, -0.25) is 9.59 Å². The molecule has 1 aromatic carbocycles. The molecule has 0 saturated carbocycles. The number of methoxy groups -OCH3 is 1. The molecule has 9 heteroatoms. The van der Waals surface area contributed by atoms with Crippen LogP contribution >= 0.6 is 0 Å². The summed E-state index contributed by atoms with van der Waals surface area (Å²) in [5.74, 6) is 0.121. The Morgan fingerprint density at radius 3 is 2.41 bits per heavy atom. The molecule has 0 bridgehead atoms. The molecule has 2 fully saturated rings. The quantitative estimate of drug-likeness (QED) is 0.722. The normalized spacial score (nSPS) is 21.5. The van der Waals surface area contributed by atoms with Crippen molar-refractivity contribution in [1.82, 2.24) is 14.1 Å². The third-order valence-electron chi connectivity index (χ3n) is 5.63. The van der Waals surface area contributed by atoms with Crippen molar-refractivity contribution in [3.8, 4) is 5.75 Å². The molecule has 2 aliphatic heterocycles. The molecule has 3 rings (SSSR count). The van der Waals surface area contributed by atoms with Gasteiger partial charge in [0.1, 0.15) is 5.75 Å². The summed E-state index contributed by atoms with van der Waals surface area (Å²) < 4.78 is 30.4. The third-order valence-corrected chi connectivity index (χ3v) is 6.90. The summed E-state index contributed by atoms with van der Waals surface area (Å²) >= 11 is 0. The number of ether oxygens (including phenoxy) is 1. The van der Waals surface area contributed by atoms with Crippen molar-refractivity contribution in [2.24, 2.45) is 5.92 Å². The Morgan fingerprint density at radius 2 is 1.69 bits per heavy atom. The minimum absolute atomic E-state index is 0.00931. The molecular weight excluding hydrogens is 394 g/mol. The zero-order chi connectivity index (χ0) is 21.0. The predicted molar refractivity (Wildman–Crippen MR) is 109 cm³/mol. The number of benzene rings is 1. The number of para-hydroxylation sites is 1. The maximum atomic E-state index is 13.0. The Labute approximate surface area is 172 Å². The van der Waals surface area contributed by atoms with E-state index in [1.807, 2.05) is 6.07 Å². The molecule has 0 N–H and O–H groups in total. The van der Waals surface area contributed by atoms with E-state index >= 15 is 0 Å². The van der Waals surface area contributed by atoms with Gasteiger partial charge in [0.05, 0.1) is 24.8 Å². The molecule has 0 radical (unpaired) electrons. The number of carbonyl (C=O) groups is 2. The first-order valence-corrected chi connectivity index (χ1v) is 11.8. The fraction of sp³-hybridized carbons (Fsp3) is 0.600. The number of hydrogen-bond donors (Lipinski definition) is 0. The number of rotatable bonds is 4. The highest BCUT2D eigenvalue weighted by atomic mass is 32.2. The van der Waals surface area contributed by atoms with Gasteiger partial charge in [0, 0.05) is 39.3 Å². The molecule has 2 saturated heterocycles. The highest BCUT2D eigenvalue weighted by Crippen LogP contribution is 2.23. The van der Waals surface area contributed by atoms with E-state index in [2.05, 4.69) is 0 Å². The molecule has 8 nitrogen and oxygen atoms in total. The zero-order valence-electron chi connectivity index (χ0n) is 17.0. The van der Waals surface area contributed by atoms with Crippen molar-refractivity contribution in [3.05, 3.63) is 29.8 Å². The lowest BCUT2D eigenvalue weighted by atomic mass is 9.98. The minimum Gasteiger partial charge on any atom is -0.496 e. The molecule has 0 aromatic heterocycles. The van der Waals surface area contributed by atoms with Crippen molar-refractivity contribution in [2.45, 2.75) is 19.3 Å². The molecule has 160 valence electrons. The van der Waals surface area contributed by atoms with Crippen LogP contribution in [0, 0.1) is 5.92 Å². The Morgan fingerprint density at radius 1 is 1.00 bits per heavy atom. The molecule has 2 heterocycles. The molecule has 1 aromatic rings. The molecule has 2 amide bonds. The second-order valence-electron chi connectivity index (χ2n) is 7.63. The van der Waals surface area contributed by atoms with Crippen LogP contribution in [0.5, 0.6) is 5.75 Å². The van der Waals surface area contributed by atoms with Crippen molar-refractivity contribution in [2.75, 3.05) is 52.6 Å². The van der Waals surface area contributed by atoms with E-state index in [1.54, 1.807) is 35.1 Å². The van der Waals surface area contributed by atoms with Gasteiger partial charge in [-0.15, -0.1) is 0 Å². The highest BCUT2D eigenvalue weighted by molar-refractivity contribution is 7.88. The second kappa shape index (κ2) is 9.13. The van der Waals surface area contributed by atoms with Crippen LogP contribution in [0.3, 0.4) is 0 Å². The Hall–Kier alpha value is -2.13. The van der Waals surface area contributed by atoms with Crippen LogP contribution in [0.1, 0.15) is 29.6 Å². The fourth-order valence-electron chi connectivity index (χ4n) is 4.04. The molecule has 0 aliphatic carbocycles. The summed E-state index contributed by atoms with van der Waals surface area (Å²) in [7, 11) is -1.75. The standard InChI is InChI=1S/C20H29N3O5S/c1-28-18-9-4-3-8-17(18)20(25)22-11-6-10-21(13-14-22)19(24)16-7-5-12-23(15-16)29(2,26)27/h3-4,8-9,16H,5-7,10-15H2,1-2H3. The first-order valence-electron chi connectivity index (χ1n) is 9.97. The molecule has 29 heavy (non-hydrogen) atoms. The summed E-state index contributed by atoms with van der Waals surface area (Å²) in [6, 6.07) is 7.14. The fourth-order valence-corrected chi connectivity index (χ4v) is 4.95. The summed E-state index contributed by atoms with van der Waals surface area (Å²) in [5, 5.41) is 0. The number of sulfonamides is 1. The van der Waals surface area contributed by atoms with Gasteiger partial charge in [-0.05, 0) is 31.4 Å². The van der Waals surface area contributed by atoms with Crippen LogP contribution in [0.4, 0.5) is 0 Å². The van der Waals surface area contributed by atoms with Crippen LogP contribution in [0.25, 0.3) is 0 Å². The van der Waals surface area contributed by atoms with Gasteiger partial charge in [-0.2, -0.15) is 0 Å². The van der Waals surface area contributed by atoms with Gasteiger partial charge < -0.3 is 14.5 Å². The maximum Gasteiger partial charge on any atom is 0.257 e. The topological polar surface area (TPSA) is 87.2 Å². The molecule has 1 atom stereocenters. The van der Waals surface area contributed by atoms with Crippen molar-refractivity contribution < 1.29 is 22.7 Å². The highest BCUT2D eigenvalue weighted by Gasteiger charge is 2.33. The van der Waals surface area contributed by atoms with Gasteiger partial charge in [-0.25, -0.2) is 12.7 Å². The van der Waals surface area contributed by atoms with E-state index < -0.39 is 10.0 Å². The van der Waals surface area contributed by atoms with Gasteiger partial charge in [0.25, 0.3) is 5.91 Å². The molecule has 2 aliphatic rings. The number of carbonyl (C=O) groups excluding carboxylic acids is 2. The SMILES string of the molecule is COc1ccccc1C(=O)N1CCCN(C(=O)C2CCCN(S(C)(=O)=O)C2)CC1. The number of piperidine rings is 1. The Bertz CT molecular complexity index is 857. The van der Waals surface area contributed by atoms with E-state index in [4.69, 9.17) is 4.74 Å². The number of nitrogens with zero attached hydrogens (tertiary/aromatic N) is 3. The summed E-state index contributed by atoms with van der Waals surface area (Å²) in [5.41, 5.74) is 0.519. The van der Waals surface area contributed by atoms with E-state index in [0.717, 1.165) is 0 Å². The third kappa shape index (κ3) is 5.08. The minimum atomic E-state index is -3.29. The van der Waals surface area contributed by atoms with E-state index in [9.17, 15) is 18.0 Å². The lowest BCUT2D eigenvalue weighted by Gasteiger charge is -2.33. The van der Waals surface area contributed by atoms with Crippen LogP contribution in [0.15, 0.2) is 24.3 Å². The average molecular weight is 424 g/mol. The number of amides is 2. The summed E-state index contributed by atoms with van der Waals surface area (Å²) in [6.45, 7) is 2.77. The van der Waals surface area contributed by atoms with Crippen LogP contribution in [0.2, 0.25) is 0 Å². The van der Waals surface area contributed by atoms with E-state index in [1.165, 1.54) is 10.6 Å². The Balaban J connectivity index is 1.63. The lowest BCUT2D eigenvalue weighted by molar-refractivity contribution is -0.136. The number of hydrogen-bond acceptors (Lipinski definition) is 5. The molecule has 1 unspecified atom stereocenters. The van der Waals surface area contributed by atoms with Crippen molar-refractivity contribution in [1.29, 1.82) is 0 Å². The second-order valence-corrected chi connectivity index (χ2v) is 9.61. The first-order chi connectivity index (χ1) is 13.8. The summed E-state index contributed by atoms with van der Waals surface area (Å²) in [4.78, 5) is 29.5. The van der Waals surface area contributed by atoms with Crippen molar-refractivity contribution >= 4 is 21.8 Å². The predicted octanol–water partition coefficient (Wildman–Crippen LogP) is 1.04. The van der Waals surface area contributed by atoms with Crippen LogP contribution < -0.4 is 4.74 Å². The average Bonchev–Trinajstić information content (AvgIpc) is 2.98. The van der Waals surface area contributed by atoms with Gasteiger partial charge in [-0.1, -0.05) is 12.1 Å². The molecule has 0 spiro atoms. The van der Waals surface area contributed by atoms with Crippen LogP contribution in [-0.4, -0.2) is 87.0 Å². The zero-order valence-corrected chi connectivity index (χ0v) is 17.9. The van der Waals surface area contributed by atoms with Gasteiger partial charge in [0.2, 0.25) is 15.9 Å². The van der Waals surface area contributed by atoms with E-state index in [-0.39, 0.29) is 24.3 Å². The smallest absolute Gasteiger partial charge is 0.257 e. The first kappa shape index (κ1) is 21.6. The van der Waals surface area contributed by atoms with E-state index in [0.29, 0.717) is 63.3 Å². The largest absolute Gasteiger partial charge is 0.496 e. The Kier molecular flexibility index (Phi) is 6.79. The van der Waals surface area contributed by atoms with Crippen molar-refractivity contribution in [3.63, 3.8) is 0 Å². The van der Waals surface area contributed by atoms with Gasteiger partial charge >= 0.3 is 0 Å². The monoisotopic (exact) mass is 423 g/mol. The lowest BCUT2D eigenvalue weighted by Crippen LogP contribution is -2.47. The van der Waals surface area contributed by atoms with Gasteiger partial charge in [0.15, 0.2) is 0 Å².